The molecule has 1 aromatic rings. The van der Waals surface area contributed by atoms with Gasteiger partial charge in [0.05, 0.1) is 25.2 Å². The minimum absolute atomic E-state index is 0.0429. The Balaban J connectivity index is 3.27. The molecular weight excluding hydrogens is 254 g/mol. The molecule has 0 atom stereocenters. The summed E-state index contributed by atoms with van der Waals surface area (Å²) in [6.45, 7) is 0. The van der Waals surface area contributed by atoms with Gasteiger partial charge in [-0.15, -0.1) is 0 Å². The van der Waals surface area contributed by atoms with E-state index in [-0.39, 0.29) is 17.1 Å². The largest absolute Gasteiger partial charge is 0.493 e. The summed E-state index contributed by atoms with van der Waals surface area (Å²) in [5.74, 6) is 0.513. The van der Waals surface area contributed by atoms with E-state index in [9.17, 15) is 14.9 Å². The van der Waals surface area contributed by atoms with Crippen molar-refractivity contribution < 1.29 is 19.2 Å². The fourth-order valence-electron chi connectivity index (χ4n) is 1.35. The second-order valence-electron chi connectivity index (χ2n) is 3.81. The number of nitro benzene ring substituents is 1. The number of hydrogen-bond donors (Lipinski definition) is 1. The summed E-state index contributed by atoms with van der Waals surface area (Å²) in [5.41, 5.74) is -0.228. The van der Waals surface area contributed by atoms with Crippen molar-refractivity contribution in [3.63, 3.8) is 0 Å². The van der Waals surface area contributed by atoms with Gasteiger partial charge in [-0.2, -0.15) is 0 Å². The number of amides is 2. The maximum atomic E-state index is 11.6. The first kappa shape index (κ1) is 14.6. The highest BCUT2D eigenvalue weighted by atomic mass is 16.6. The van der Waals surface area contributed by atoms with E-state index in [4.69, 9.17) is 9.47 Å². The van der Waals surface area contributed by atoms with Gasteiger partial charge in [0, 0.05) is 20.2 Å². The van der Waals surface area contributed by atoms with Crippen LogP contribution in [-0.4, -0.2) is 44.2 Å². The van der Waals surface area contributed by atoms with Crippen molar-refractivity contribution in [1.82, 2.24) is 4.90 Å². The number of ether oxygens (including phenoxy) is 2. The molecule has 0 spiro atoms. The summed E-state index contributed by atoms with van der Waals surface area (Å²) in [6, 6.07) is 2.07. The molecule has 0 aliphatic rings. The van der Waals surface area contributed by atoms with Crippen LogP contribution in [0.15, 0.2) is 12.1 Å². The first-order chi connectivity index (χ1) is 8.90. The number of methoxy groups -OCH3 is 2. The van der Waals surface area contributed by atoms with Crippen LogP contribution in [0.3, 0.4) is 0 Å². The smallest absolute Gasteiger partial charge is 0.321 e. The second kappa shape index (κ2) is 5.89. The van der Waals surface area contributed by atoms with E-state index < -0.39 is 11.0 Å². The molecule has 8 nitrogen and oxygen atoms in total. The van der Waals surface area contributed by atoms with E-state index >= 15 is 0 Å². The number of urea groups is 1. The highest BCUT2D eigenvalue weighted by molar-refractivity contribution is 5.92. The number of nitro groups is 1. The van der Waals surface area contributed by atoms with Crippen molar-refractivity contribution in [2.75, 3.05) is 33.6 Å². The molecule has 0 radical (unpaired) electrons. The molecule has 0 fully saturated rings. The quantitative estimate of drug-likeness (QED) is 0.663. The van der Waals surface area contributed by atoms with Gasteiger partial charge in [0.25, 0.3) is 5.69 Å². The SMILES string of the molecule is COc1cc(NC(=O)N(C)C)c([N+](=O)[O-])cc1OC. The first-order valence-corrected chi connectivity index (χ1v) is 5.29. The van der Waals surface area contributed by atoms with Gasteiger partial charge >= 0.3 is 6.03 Å². The summed E-state index contributed by atoms with van der Waals surface area (Å²) in [6.07, 6.45) is 0. The third kappa shape index (κ3) is 3.24. The van der Waals surface area contributed by atoms with Crippen molar-refractivity contribution in [3.05, 3.63) is 22.2 Å². The van der Waals surface area contributed by atoms with Gasteiger partial charge in [-0.25, -0.2) is 4.79 Å². The topological polar surface area (TPSA) is 93.9 Å². The van der Waals surface area contributed by atoms with Crippen LogP contribution in [0.4, 0.5) is 16.2 Å². The van der Waals surface area contributed by atoms with E-state index in [1.54, 1.807) is 0 Å². The van der Waals surface area contributed by atoms with E-state index in [1.165, 1.54) is 45.3 Å². The van der Waals surface area contributed by atoms with Gasteiger partial charge in [-0.3, -0.25) is 10.1 Å². The van der Waals surface area contributed by atoms with Gasteiger partial charge in [-0.1, -0.05) is 0 Å². The lowest BCUT2D eigenvalue weighted by Gasteiger charge is -2.14. The number of hydrogen-bond acceptors (Lipinski definition) is 5. The third-order valence-electron chi connectivity index (χ3n) is 2.35. The lowest BCUT2D eigenvalue weighted by molar-refractivity contribution is -0.384. The zero-order chi connectivity index (χ0) is 14.6. The Kier molecular flexibility index (Phi) is 4.51. The molecule has 104 valence electrons. The molecule has 0 saturated heterocycles. The van der Waals surface area contributed by atoms with Crippen molar-refractivity contribution in [2.24, 2.45) is 0 Å². The summed E-state index contributed by atoms with van der Waals surface area (Å²) < 4.78 is 10.0. The molecule has 0 bridgehead atoms. The fourth-order valence-corrected chi connectivity index (χ4v) is 1.35. The molecule has 0 heterocycles. The Morgan fingerprint density at radius 2 is 1.79 bits per heavy atom. The highest BCUT2D eigenvalue weighted by Gasteiger charge is 2.21. The summed E-state index contributed by atoms with van der Waals surface area (Å²) in [7, 11) is 5.84. The average molecular weight is 269 g/mol. The van der Waals surface area contributed by atoms with Crippen LogP contribution >= 0.6 is 0 Å². The highest BCUT2D eigenvalue weighted by Crippen LogP contribution is 2.37. The summed E-state index contributed by atoms with van der Waals surface area (Å²) in [4.78, 5) is 23.2. The minimum Gasteiger partial charge on any atom is -0.493 e. The predicted molar refractivity (Wildman–Crippen MR) is 68.9 cm³/mol. The molecule has 1 rings (SSSR count). The van der Waals surface area contributed by atoms with Crippen molar-refractivity contribution in [2.45, 2.75) is 0 Å². The van der Waals surface area contributed by atoms with E-state index in [0.717, 1.165) is 0 Å². The zero-order valence-corrected chi connectivity index (χ0v) is 11.1. The molecular formula is C11H15N3O5. The number of nitrogens with zero attached hydrogens (tertiary/aromatic N) is 2. The molecule has 0 aliphatic carbocycles. The molecule has 0 saturated carbocycles. The van der Waals surface area contributed by atoms with Gasteiger partial charge in [0.1, 0.15) is 5.69 Å². The molecule has 0 unspecified atom stereocenters. The Hall–Kier alpha value is -2.51. The second-order valence-corrected chi connectivity index (χ2v) is 3.81. The van der Waals surface area contributed by atoms with Crippen LogP contribution < -0.4 is 14.8 Å². The van der Waals surface area contributed by atoms with Crippen molar-refractivity contribution in [1.29, 1.82) is 0 Å². The van der Waals surface area contributed by atoms with Gasteiger partial charge in [0.15, 0.2) is 11.5 Å². The molecule has 0 aliphatic heterocycles. The lowest BCUT2D eigenvalue weighted by Crippen LogP contribution is -2.27. The lowest BCUT2D eigenvalue weighted by atomic mass is 10.2. The fraction of sp³-hybridized carbons (Fsp3) is 0.364. The van der Waals surface area contributed by atoms with Gasteiger partial charge in [0.2, 0.25) is 0 Å². The Bertz CT molecular complexity index is 501. The first-order valence-electron chi connectivity index (χ1n) is 5.29. The maximum absolute atomic E-state index is 11.6. The summed E-state index contributed by atoms with van der Waals surface area (Å²) in [5, 5.41) is 13.4. The monoisotopic (exact) mass is 269 g/mol. The number of rotatable bonds is 4. The molecule has 1 N–H and O–H groups in total. The number of anilines is 1. The van der Waals surface area contributed by atoms with Gasteiger partial charge < -0.3 is 19.7 Å². The van der Waals surface area contributed by atoms with Crippen LogP contribution in [0.1, 0.15) is 0 Å². The van der Waals surface area contributed by atoms with Crippen molar-refractivity contribution in [3.8, 4) is 11.5 Å². The molecule has 19 heavy (non-hydrogen) atoms. The number of carbonyl (C=O) groups is 1. The normalized spacial score (nSPS) is 9.68. The zero-order valence-electron chi connectivity index (χ0n) is 11.1. The van der Waals surface area contributed by atoms with E-state index in [0.29, 0.717) is 5.75 Å². The van der Waals surface area contributed by atoms with Crippen LogP contribution in [0, 0.1) is 10.1 Å². The number of nitrogens with one attached hydrogen (secondary N) is 1. The third-order valence-corrected chi connectivity index (χ3v) is 2.35. The number of benzene rings is 1. The van der Waals surface area contributed by atoms with Crippen LogP contribution in [0.5, 0.6) is 11.5 Å². The van der Waals surface area contributed by atoms with E-state index in [2.05, 4.69) is 5.32 Å². The van der Waals surface area contributed by atoms with Crippen LogP contribution in [0.2, 0.25) is 0 Å². The predicted octanol–water partition coefficient (Wildman–Crippen LogP) is 1.71. The molecule has 1 aromatic carbocycles. The van der Waals surface area contributed by atoms with Crippen LogP contribution in [0.25, 0.3) is 0 Å². The van der Waals surface area contributed by atoms with Crippen molar-refractivity contribution >= 4 is 17.4 Å². The molecule has 2 amide bonds. The Labute approximate surface area is 110 Å². The minimum atomic E-state index is -0.604. The van der Waals surface area contributed by atoms with Crippen LogP contribution in [-0.2, 0) is 0 Å². The van der Waals surface area contributed by atoms with Gasteiger partial charge in [-0.05, 0) is 0 Å². The number of carbonyl (C=O) groups excluding carboxylic acids is 1. The maximum Gasteiger partial charge on any atom is 0.321 e. The Morgan fingerprint density at radius 1 is 1.26 bits per heavy atom. The van der Waals surface area contributed by atoms with E-state index in [1.807, 2.05) is 0 Å². The molecule has 8 heteroatoms. The standard InChI is InChI=1S/C11H15N3O5/c1-13(2)11(15)12-7-5-9(18-3)10(19-4)6-8(7)14(16)17/h5-6H,1-4H3,(H,12,15). The summed E-state index contributed by atoms with van der Waals surface area (Å²) >= 11 is 0. The average Bonchev–Trinajstić information content (AvgIpc) is 2.37. The molecule has 0 aromatic heterocycles. The Morgan fingerprint density at radius 3 is 2.21 bits per heavy atom.